The Morgan fingerprint density at radius 3 is 2.58 bits per heavy atom. The maximum atomic E-state index is 10.9. The standard InChI is InChI=1S/C9H16N2O/c1-10-9(12)5-11-8-3-6-2-7(6)4-8/h6-8,11H,2-5H2,1H3,(H,10,12). The van der Waals surface area contributed by atoms with E-state index in [1.807, 2.05) is 0 Å². The Morgan fingerprint density at radius 1 is 1.33 bits per heavy atom. The van der Waals surface area contributed by atoms with Crippen molar-refractivity contribution in [3.8, 4) is 0 Å². The van der Waals surface area contributed by atoms with Crippen molar-refractivity contribution in [3.05, 3.63) is 0 Å². The molecule has 2 rings (SSSR count). The molecular weight excluding hydrogens is 152 g/mol. The highest BCUT2D eigenvalue weighted by Gasteiger charge is 2.45. The van der Waals surface area contributed by atoms with Crippen LogP contribution in [0.5, 0.6) is 0 Å². The Hall–Kier alpha value is -0.570. The van der Waals surface area contributed by atoms with Gasteiger partial charge in [0.2, 0.25) is 5.91 Å². The molecule has 0 aromatic heterocycles. The van der Waals surface area contributed by atoms with Crippen molar-refractivity contribution in [2.24, 2.45) is 11.8 Å². The van der Waals surface area contributed by atoms with Gasteiger partial charge in [0.1, 0.15) is 0 Å². The van der Waals surface area contributed by atoms with Crippen LogP contribution in [-0.4, -0.2) is 25.5 Å². The average Bonchev–Trinajstić information content (AvgIpc) is 2.70. The molecule has 0 aromatic rings. The van der Waals surface area contributed by atoms with Gasteiger partial charge < -0.3 is 10.6 Å². The Labute approximate surface area is 72.9 Å². The van der Waals surface area contributed by atoms with Gasteiger partial charge in [-0.25, -0.2) is 0 Å². The number of carbonyl (C=O) groups excluding carboxylic acids is 1. The van der Waals surface area contributed by atoms with Gasteiger partial charge in [-0.3, -0.25) is 4.79 Å². The second-order valence-electron chi connectivity index (χ2n) is 3.98. The van der Waals surface area contributed by atoms with Gasteiger partial charge in [-0.05, 0) is 31.1 Å². The summed E-state index contributed by atoms with van der Waals surface area (Å²) in [5.74, 6) is 2.08. The highest BCUT2D eigenvalue weighted by Crippen LogP contribution is 2.51. The minimum absolute atomic E-state index is 0.0931. The van der Waals surface area contributed by atoms with Gasteiger partial charge in [0.25, 0.3) is 0 Å². The number of nitrogens with one attached hydrogen (secondary N) is 2. The SMILES string of the molecule is CNC(=O)CNC1CC2CC2C1. The summed E-state index contributed by atoms with van der Waals surface area (Å²) < 4.78 is 0. The van der Waals surface area contributed by atoms with Crippen molar-refractivity contribution in [2.75, 3.05) is 13.6 Å². The molecule has 12 heavy (non-hydrogen) atoms. The van der Waals surface area contributed by atoms with E-state index in [2.05, 4.69) is 10.6 Å². The van der Waals surface area contributed by atoms with Gasteiger partial charge in [-0.1, -0.05) is 0 Å². The third-order valence-electron chi connectivity index (χ3n) is 3.07. The molecular formula is C9H16N2O. The van der Waals surface area contributed by atoms with Gasteiger partial charge >= 0.3 is 0 Å². The van der Waals surface area contributed by atoms with Crippen LogP contribution in [0.3, 0.4) is 0 Å². The number of fused-ring (bicyclic) bond motifs is 1. The predicted molar refractivity (Wildman–Crippen MR) is 46.7 cm³/mol. The Kier molecular flexibility index (Phi) is 2.05. The van der Waals surface area contributed by atoms with Crippen LogP contribution in [0.15, 0.2) is 0 Å². The van der Waals surface area contributed by atoms with Crippen molar-refractivity contribution in [3.63, 3.8) is 0 Å². The maximum Gasteiger partial charge on any atom is 0.233 e. The molecule has 3 heteroatoms. The summed E-state index contributed by atoms with van der Waals surface area (Å²) >= 11 is 0. The first kappa shape index (κ1) is 8.05. The lowest BCUT2D eigenvalue weighted by Gasteiger charge is -2.12. The zero-order valence-corrected chi connectivity index (χ0v) is 7.47. The Balaban J connectivity index is 1.64. The van der Waals surface area contributed by atoms with Gasteiger partial charge in [0.05, 0.1) is 6.54 Å². The lowest BCUT2D eigenvalue weighted by molar-refractivity contribution is -0.119. The van der Waals surface area contributed by atoms with Crippen molar-refractivity contribution >= 4 is 5.91 Å². The summed E-state index contributed by atoms with van der Waals surface area (Å²) in [5.41, 5.74) is 0. The number of hydrogen-bond acceptors (Lipinski definition) is 2. The molecule has 3 nitrogen and oxygen atoms in total. The zero-order valence-electron chi connectivity index (χ0n) is 7.47. The predicted octanol–water partition coefficient (Wildman–Crippen LogP) is 0.120. The fourth-order valence-corrected chi connectivity index (χ4v) is 2.21. The third-order valence-corrected chi connectivity index (χ3v) is 3.07. The maximum absolute atomic E-state index is 10.9. The van der Waals surface area contributed by atoms with E-state index < -0.39 is 0 Å². The van der Waals surface area contributed by atoms with E-state index in [1.54, 1.807) is 7.05 Å². The number of carbonyl (C=O) groups is 1. The Morgan fingerprint density at radius 2 is 2.00 bits per heavy atom. The smallest absolute Gasteiger partial charge is 0.233 e. The van der Waals surface area contributed by atoms with Gasteiger partial charge in [0.15, 0.2) is 0 Å². The summed E-state index contributed by atoms with van der Waals surface area (Å²) in [5, 5.41) is 5.89. The summed E-state index contributed by atoms with van der Waals surface area (Å²) in [6, 6.07) is 0.617. The number of likely N-dealkylation sites (N-methyl/N-ethyl adjacent to an activating group) is 1. The molecule has 0 radical (unpaired) electrons. The third kappa shape index (κ3) is 1.61. The molecule has 0 aromatic carbocycles. The molecule has 2 N–H and O–H groups in total. The first-order chi connectivity index (χ1) is 5.79. The van der Waals surface area contributed by atoms with Crippen LogP contribution in [0, 0.1) is 11.8 Å². The first-order valence-corrected chi connectivity index (χ1v) is 4.73. The number of rotatable bonds is 3. The number of hydrogen-bond donors (Lipinski definition) is 2. The lowest BCUT2D eigenvalue weighted by atomic mass is 10.1. The molecule has 2 aliphatic rings. The summed E-state index contributed by atoms with van der Waals surface area (Å²) in [6.45, 7) is 0.487. The van der Waals surface area contributed by atoms with E-state index in [4.69, 9.17) is 0 Å². The minimum Gasteiger partial charge on any atom is -0.358 e. The normalized spacial score (nSPS) is 37.6. The topological polar surface area (TPSA) is 41.1 Å². The van der Waals surface area contributed by atoms with E-state index in [1.165, 1.54) is 19.3 Å². The quantitative estimate of drug-likeness (QED) is 0.628. The van der Waals surface area contributed by atoms with Gasteiger partial charge in [-0.2, -0.15) is 0 Å². The molecule has 2 saturated carbocycles. The highest BCUT2D eigenvalue weighted by atomic mass is 16.1. The molecule has 0 heterocycles. The van der Waals surface area contributed by atoms with Crippen LogP contribution in [0.4, 0.5) is 0 Å². The van der Waals surface area contributed by atoms with E-state index in [0.717, 1.165) is 11.8 Å². The van der Waals surface area contributed by atoms with Crippen molar-refractivity contribution < 1.29 is 4.79 Å². The molecule has 0 aliphatic heterocycles. The summed E-state index contributed by atoms with van der Waals surface area (Å²) in [4.78, 5) is 10.9. The summed E-state index contributed by atoms with van der Waals surface area (Å²) in [7, 11) is 1.68. The average molecular weight is 168 g/mol. The molecule has 2 atom stereocenters. The Bertz CT molecular complexity index is 183. The molecule has 2 fully saturated rings. The van der Waals surface area contributed by atoms with E-state index >= 15 is 0 Å². The molecule has 0 spiro atoms. The van der Waals surface area contributed by atoms with Crippen LogP contribution < -0.4 is 10.6 Å². The van der Waals surface area contributed by atoms with E-state index in [-0.39, 0.29) is 5.91 Å². The molecule has 1 amide bonds. The van der Waals surface area contributed by atoms with Crippen molar-refractivity contribution in [1.82, 2.24) is 10.6 Å². The van der Waals surface area contributed by atoms with Gasteiger partial charge in [0, 0.05) is 13.1 Å². The minimum atomic E-state index is 0.0931. The molecule has 68 valence electrons. The van der Waals surface area contributed by atoms with E-state index in [9.17, 15) is 4.79 Å². The summed E-state index contributed by atoms with van der Waals surface area (Å²) in [6.07, 6.45) is 4.03. The molecule has 2 aliphatic carbocycles. The molecule has 2 unspecified atom stereocenters. The fraction of sp³-hybridized carbons (Fsp3) is 0.889. The van der Waals surface area contributed by atoms with Crippen LogP contribution in [0.25, 0.3) is 0 Å². The highest BCUT2D eigenvalue weighted by molar-refractivity contribution is 5.77. The first-order valence-electron chi connectivity index (χ1n) is 4.73. The second-order valence-corrected chi connectivity index (χ2v) is 3.98. The monoisotopic (exact) mass is 168 g/mol. The number of amides is 1. The van der Waals surface area contributed by atoms with Crippen molar-refractivity contribution in [2.45, 2.75) is 25.3 Å². The molecule has 0 saturated heterocycles. The second kappa shape index (κ2) is 3.05. The van der Waals surface area contributed by atoms with Crippen LogP contribution in [0.2, 0.25) is 0 Å². The van der Waals surface area contributed by atoms with Crippen LogP contribution in [-0.2, 0) is 4.79 Å². The van der Waals surface area contributed by atoms with Crippen LogP contribution in [0.1, 0.15) is 19.3 Å². The molecule has 0 bridgehead atoms. The fourth-order valence-electron chi connectivity index (χ4n) is 2.21. The zero-order chi connectivity index (χ0) is 8.55. The van der Waals surface area contributed by atoms with Crippen LogP contribution >= 0.6 is 0 Å². The van der Waals surface area contributed by atoms with Crippen molar-refractivity contribution in [1.29, 1.82) is 0 Å². The van der Waals surface area contributed by atoms with E-state index in [0.29, 0.717) is 12.6 Å². The van der Waals surface area contributed by atoms with Gasteiger partial charge in [-0.15, -0.1) is 0 Å². The largest absolute Gasteiger partial charge is 0.358 e. The lowest BCUT2D eigenvalue weighted by Crippen LogP contribution is -2.37.